The molecule has 0 aromatic carbocycles. The molecule has 1 aromatic heterocycles. The summed E-state index contributed by atoms with van der Waals surface area (Å²) in [5.41, 5.74) is 2.62. The summed E-state index contributed by atoms with van der Waals surface area (Å²) in [6, 6.07) is -0.365. The Morgan fingerprint density at radius 2 is 2.24 bits per heavy atom. The van der Waals surface area contributed by atoms with Crippen LogP contribution in [0.25, 0.3) is 0 Å². The van der Waals surface area contributed by atoms with E-state index in [1.54, 1.807) is 19.4 Å². The number of thiazole rings is 1. The third kappa shape index (κ3) is 4.52. The van der Waals surface area contributed by atoms with Crippen molar-refractivity contribution in [1.82, 2.24) is 10.3 Å². The maximum absolute atomic E-state index is 11.5. The summed E-state index contributed by atoms with van der Waals surface area (Å²) < 4.78 is 0. The lowest BCUT2D eigenvalue weighted by Crippen LogP contribution is -2.40. The minimum atomic E-state index is -0.905. The zero-order valence-electron chi connectivity index (χ0n) is 9.84. The molecule has 1 aromatic rings. The molecule has 0 bridgehead atoms. The molecule has 0 radical (unpaired) electrons. The summed E-state index contributed by atoms with van der Waals surface area (Å²) in [4.78, 5) is 26.3. The molecule has 17 heavy (non-hydrogen) atoms. The highest BCUT2D eigenvalue weighted by atomic mass is 32.1. The van der Waals surface area contributed by atoms with Crippen LogP contribution < -0.4 is 5.32 Å². The van der Waals surface area contributed by atoms with Crippen LogP contribution in [0, 0.1) is 5.92 Å². The van der Waals surface area contributed by atoms with Crippen molar-refractivity contribution in [3.05, 3.63) is 16.6 Å². The first kappa shape index (κ1) is 13.6. The number of carboxylic acid groups (broad SMARTS) is 1. The average Bonchev–Trinajstić information content (AvgIpc) is 2.77. The lowest BCUT2D eigenvalue weighted by Gasteiger charge is -2.17. The van der Waals surface area contributed by atoms with E-state index in [0.717, 1.165) is 5.69 Å². The van der Waals surface area contributed by atoms with Gasteiger partial charge in [-0.1, -0.05) is 0 Å². The van der Waals surface area contributed by atoms with Crippen LogP contribution in [0.5, 0.6) is 0 Å². The fourth-order valence-electron chi connectivity index (χ4n) is 1.27. The minimum absolute atomic E-state index is 0.140. The number of hydrogen-bond donors (Lipinski definition) is 2. The molecule has 2 atom stereocenters. The molecule has 2 unspecified atom stereocenters. The summed E-state index contributed by atoms with van der Waals surface area (Å²) in [6.45, 7) is 3.27. The monoisotopic (exact) mass is 256 g/mol. The van der Waals surface area contributed by atoms with E-state index in [1.807, 2.05) is 5.38 Å². The topological polar surface area (TPSA) is 79.3 Å². The quantitative estimate of drug-likeness (QED) is 0.804. The maximum Gasteiger partial charge on any atom is 0.308 e. The highest BCUT2D eigenvalue weighted by Gasteiger charge is 2.20. The van der Waals surface area contributed by atoms with Gasteiger partial charge in [0.1, 0.15) is 0 Å². The summed E-state index contributed by atoms with van der Waals surface area (Å²) >= 11 is 1.49. The summed E-state index contributed by atoms with van der Waals surface area (Å²) in [7, 11) is 0. The van der Waals surface area contributed by atoms with Gasteiger partial charge in [-0.25, -0.2) is 4.98 Å². The lowest BCUT2D eigenvalue weighted by atomic mass is 10.0. The van der Waals surface area contributed by atoms with Gasteiger partial charge in [0.05, 0.1) is 17.1 Å². The number of carboxylic acids is 1. The highest BCUT2D eigenvalue weighted by Crippen LogP contribution is 2.06. The minimum Gasteiger partial charge on any atom is -0.481 e. The van der Waals surface area contributed by atoms with Crippen LogP contribution in [0.1, 0.15) is 26.0 Å². The van der Waals surface area contributed by atoms with Crippen molar-refractivity contribution in [2.24, 2.45) is 5.92 Å². The van der Waals surface area contributed by atoms with Gasteiger partial charge in [0, 0.05) is 17.8 Å². The number of aliphatic carboxylic acids is 1. The van der Waals surface area contributed by atoms with Crippen molar-refractivity contribution in [3.8, 4) is 0 Å². The van der Waals surface area contributed by atoms with E-state index >= 15 is 0 Å². The molecule has 6 heteroatoms. The second kappa shape index (κ2) is 6.34. The number of carbonyl (C=O) groups is 2. The van der Waals surface area contributed by atoms with Gasteiger partial charge in [-0.3, -0.25) is 9.59 Å². The zero-order chi connectivity index (χ0) is 12.8. The molecule has 5 nitrogen and oxygen atoms in total. The largest absolute Gasteiger partial charge is 0.481 e. The first-order chi connectivity index (χ1) is 8.00. The number of amides is 1. The predicted octanol–water partition coefficient (Wildman–Crippen LogP) is 1.30. The van der Waals surface area contributed by atoms with Crippen LogP contribution in [-0.4, -0.2) is 28.0 Å². The molecule has 0 aliphatic rings. The lowest BCUT2D eigenvalue weighted by molar-refractivity contribution is -0.142. The Balaban J connectivity index is 2.32. The van der Waals surface area contributed by atoms with E-state index in [-0.39, 0.29) is 11.9 Å². The van der Waals surface area contributed by atoms with E-state index in [1.165, 1.54) is 11.3 Å². The molecule has 0 aliphatic heterocycles. The van der Waals surface area contributed by atoms with Crippen molar-refractivity contribution in [3.63, 3.8) is 0 Å². The number of aryl methyl sites for hydroxylation is 1. The van der Waals surface area contributed by atoms with Crippen molar-refractivity contribution < 1.29 is 14.7 Å². The fraction of sp³-hybridized carbons (Fsp3) is 0.545. The molecule has 0 saturated carbocycles. The van der Waals surface area contributed by atoms with Crippen molar-refractivity contribution in [2.75, 3.05) is 0 Å². The van der Waals surface area contributed by atoms with Crippen molar-refractivity contribution in [1.29, 1.82) is 0 Å². The number of aromatic nitrogens is 1. The van der Waals surface area contributed by atoms with Crippen LogP contribution in [0.3, 0.4) is 0 Å². The van der Waals surface area contributed by atoms with Crippen LogP contribution in [-0.2, 0) is 16.0 Å². The van der Waals surface area contributed by atoms with Gasteiger partial charge in [0.25, 0.3) is 0 Å². The fourth-order valence-corrected chi connectivity index (χ4v) is 1.86. The Hall–Kier alpha value is -1.43. The molecule has 0 fully saturated rings. The molecule has 0 saturated heterocycles. The SMILES string of the molecule is CC(NC(=O)CCc1cscn1)C(C)C(=O)O. The second-order valence-corrected chi connectivity index (χ2v) is 4.68. The number of rotatable bonds is 6. The van der Waals surface area contributed by atoms with E-state index in [4.69, 9.17) is 5.11 Å². The first-order valence-electron chi connectivity index (χ1n) is 5.40. The molecule has 0 spiro atoms. The van der Waals surface area contributed by atoms with E-state index in [0.29, 0.717) is 12.8 Å². The van der Waals surface area contributed by atoms with Gasteiger partial charge in [-0.2, -0.15) is 0 Å². The summed E-state index contributed by atoms with van der Waals surface area (Å²) in [5.74, 6) is -1.63. The molecule has 1 heterocycles. The molecular formula is C11H16N2O3S. The Morgan fingerprint density at radius 3 is 2.76 bits per heavy atom. The van der Waals surface area contributed by atoms with Gasteiger partial charge < -0.3 is 10.4 Å². The normalized spacial score (nSPS) is 14.0. The van der Waals surface area contributed by atoms with Crippen molar-refractivity contribution in [2.45, 2.75) is 32.7 Å². The Morgan fingerprint density at radius 1 is 1.53 bits per heavy atom. The van der Waals surface area contributed by atoms with Gasteiger partial charge in [0.2, 0.25) is 5.91 Å². The van der Waals surface area contributed by atoms with E-state index in [9.17, 15) is 9.59 Å². The smallest absolute Gasteiger partial charge is 0.308 e. The standard InChI is InChI=1S/C11H16N2O3S/c1-7(11(15)16)8(2)13-10(14)4-3-9-5-17-6-12-9/h5-8H,3-4H2,1-2H3,(H,13,14)(H,15,16). The number of nitrogens with one attached hydrogen (secondary N) is 1. The number of nitrogens with zero attached hydrogens (tertiary/aromatic N) is 1. The zero-order valence-corrected chi connectivity index (χ0v) is 10.7. The molecule has 1 amide bonds. The van der Waals surface area contributed by atoms with Gasteiger partial charge in [0.15, 0.2) is 0 Å². The molecule has 2 N–H and O–H groups in total. The molecular weight excluding hydrogens is 240 g/mol. The van der Waals surface area contributed by atoms with E-state index < -0.39 is 11.9 Å². The van der Waals surface area contributed by atoms with Crippen LogP contribution >= 0.6 is 11.3 Å². The Bertz CT molecular complexity index is 378. The Labute approximate surface area is 104 Å². The second-order valence-electron chi connectivity index (χ2n) is 3.96. The maximum atomic E-state index is 11.5. The van der Waals surface area contributed by atoms with E-state index in [2.05, 4.69) is 10.3 Å². The summed E-state index contributed by atoms with van der Waals surface area (Å²) in [6.07, 6.45) is 0.921. The van der Waals surface area contributed by atoms with Gasteiger partial charge in [-0.15, -0.1) is 11.3 Å². The first-order valence-corrected chi connectivity index (χ1v) is 6.34. The van der Waals surface area contributed by atoms with Gasteiger partial charge >= 0.3 is 5.97 Å². The van der Waals surface area contributed by atoms with Crippen LogP contribution in [0.2, 0.25) is 0 Å². The van der Waals surface area contributed by atoms with Gasteiger partial charge in [-0.05, 0) is 20.3 Å². The third-order valence-electron chi connectivity index (χ3n) is 2.62. The predicted molar refractivity (Wildman–Crippen MR) is 64.8 cm³/mol. The highest BCUT2D eigenvalue weighted by molar-refractivity contribution is 7.07. The third-order valence-corrected chi connectivity index (χ3v) is 3.26. The molecule has 0 aliphatic carbocycles. The average molecular weight is 256 g/mol. The molecule has 1 rings (SSSR count). The van der Waals surface area contributed by atoms with Crippen LogP contribution in [0.4, 0.5) is 0 Å². The number of carbonyl (C=O) groups excluding carboxylic acids is 1. The Kier molecular flexibility index (Phi) is 5.09. The number of hydrogen-bond acceptors (Lipinski definition) is 4. The summed E-state index contributed by atoms with van der Waals surface area (Å²) in [5, 5.41) is 13.4. The molecule has 94 valence electrons. The van der Waals surface area contributed by atoms with Crippen LogP contribution in [0.15, 0.2) is 10.9 Å². The van der Waals surface area contributed by atoms with Crippen molar-refractivity contribution >= 4 is 23.2 Å².